The number of nitrogens with zero attached hydrogens (tertiary/aromatic N) is 3. The van der Waals surface area contributed by atoms with E-state index in [9.17, 15) is 4.79 Å². The van der Waals surface area contributed by atoms with E-state index in [1.54, 1.807) is 35.3 Å². The minimum Gasteiger partial charge on any atom is -0.292 e. The Morgan fingerprint density at radius 2 is 1.89 bits per heavy atom. The molecule has 100 valence electrons. The first kappa shape index (κ1) is 13.7. The lowest BCUT2D eigenvalue weighted by molar-refractivity contribution is 0.0813. The van der Waals surface area contributed by atoms with E-state index < -0.39 is 6.04 Å². The van der Waals surface area contributed by atoms with Crippen molar-refractivity contribution in [3.63, 3.8) is 0 Å². The second-order valence-electron chi connectivity index (χ2n) is 5.52. The first-order chi connectivity index (χ1) is 8.89. The molecule has 0 aliphatic heterocycles. The fraction of sp³-hybridized carbons (Fsp3) is 0.357. The second kappa shape index (κ2) is 5.13. The average Bonchev–Trinajstić information content (AvgIpc) is 2.81. The van der Waals surface area contributed by atoms with Gasteiger partial charge in [-0.05, 0) is 29.7 Å². The maximum atomic E-state index is 12.7. The van der Waals surface area contributed by atoms with E-state index in [4.69, 9.17) is 11.6 Å². The molecule has 0 amide bonds. The third-order valence-electron chi connectivity index (χ3n) is 2.90. The van der Waals surface area contributed by atoms with Crippen LogP contribution in [0.1, 0.15) is 37.2 Å². The van der Waals surface area contributed by atoms with Crippen molar-refractivity contribution in [2.75, 3.05) is 0 Å². The first-order valence-corrected chi connectivity index (χ1v) is 6.41. The summed E-state index contributed by atoms with van der Waals surface area (Å²) in [4.78, 5) is 16.6. The summed E-state index contributed by atoms with van der Waals surface area (Å²) in [5, 5.41) is 4.72. The Morgan fingerprint density at radius 3 is 2.37 bits per heavy atom. The number of rotatable bonds is 3. The second-order valence-corrected chi connectivity index (χ2v) is 5.95. The van der Waals surface area contributed by atoms with Gasteiger partial charge in [-0.15, -0.1) is 0 Å². The Balaban J connectivity index is 2.39. The first-order valence-electron chi connectivity index (χ1n) is 6.03. The molecule has 1 heterocycles. The van der Waals surface area contributed by atoms with Crippen molar-refractivity contribution in [1.82, 2.24) is 14.8 Å². The normalized spacial score (nSPS) is 13.3. The highest BCUT2D eigenvalue weighted by atomic mass is 35.5. The van der Waals surface area contributed by atoms with Gasteiger partial charge < -0.3 is 0 Å². The van der Waals surface area contributed by atoms with Crippen molar-refractivity contribution in [2.45, 2.75) is 26.8 Å². The number of aromatic nitrogens is 3. The molecule has 1 aromatic carbocycles. The lowest BCUT2D eigenvalue weighted by atomic mass is 9.82. The van der Waals surface area contributed by atoms with Crippen LogP contribution in [0.2, 0.25) is 5.02 Å². The zero-order valence-electron chi connectivity index (χ0n) is 11.2. The van der Waals surface area contributed by atoms with Crippen LogP contribution in [-0.2, 0) is 0 Å². The molecule has 0 saturated heterocycles. The molecule has 0 radical (unpaired) electrons. The predicted molar refractivity (Wildman–Crippen MR) is 74.3 cm³/mol. The van der Waals surface area contributed by atoms with Gasteiger partial charge in [0.1, 0.15) is 18.7 Å². The molecule has 5 heteroatoms. The van der Waals surface area contributed by atoms with E-state index in [1.165, 1.54) is 6.33 Å². The van der Waals surface area contributed by atoms with Gasteiger partial charge in [0, 0.05) is 10.6 Å². The lowest BCUT2D eigenvalue weighted by Gasteiger charge is -2.29. The van der Waals surface area contributed by atoms with E-state index in [1.807, 2.05) is 20.8 Å². The molecule has 1 atom stereocenters. The van der Waals surface area contributed by atoms with Gasteiger partial charge >= 0.3 is 0 Å². The molecule has 2 aromatic rings. The number of carbonyl (C=O) groups excluding carboxylic acids is 1. The van der Waals surface area contributed by atoms with Crippen LogP contribution in [0, 0.1) is 5.41 Å². The van der Waals surface area contributed by atoms with Crippen LogP contribution in [0.25, 0.3) is 0 Å². The summed E-state index contributed by atoms with van der Waals surface area (Å²) >= 11 is 5.85. The average molecular weight is 278 g/mol. The fourth-order valence-corrected chi connectivity index (χ4v) is 2.16. The minimum absolute atomic E-state index is 0.00895. The number of halogens is 1. The maximum Gasteiger partial charge on any atom is 0.187 e. The molecule has 19 heavy (non-hydrogen) atoms. The molecule has 0 spiro atoms. The standard InChI is InChI=1S/C14H16ClN3O/c1-14(2,3)13(18-9-16-8-17-18)12(19)10-4-6-11(15)7-5-10/h4-9,13H,1-3H3. The monoisotopic (exact) mass is 277 g/mol. The van der Waals surface area contributed by atoms with Gasteiger partial charge in [0.25, 0.3) is 0 Å². The fourth-order valence-electron chi connectivity index (χ4n) is 2.03. The van der Waals surface area contributed by atoms with Gasteiger partial charge in [0.2, 0.25) is 0 Å². The Morgan fingerprint density at radius 1 is 1.26 bits per heavy atom. The molecular weight excluding hydrogens is 262 g/mol. The van der Waals surface area contributed by atoms with Crippen LogP contribution in [0.5, 0.6) is 0 Å². The molecule has 0 fully saturated rings. The molecule has 2 rings (SSSR count). The smallest absolute Gasteiger partial charge is 0.187 e. The summed E-state index contributed by atoms with van der Waals surface area (Å²) in [5.74, 6) is 0.00895. The lowest BCUT2D eigenvalue weighted by Crippen LogP contribution is -2.32. The summed E-state index contributed by atoms with van der Waals surface area (Å²) in [5.41, 5.74) is 0.365. The number of carbonyl (C=O) groups is 1. The van der Waals surface area contributed by atoms with Crippen LogP contribution >= 0.6 is 11.6 Å². The van der Waals surface area contributed by atoms with Crippen LogP contribution < -0.4 is 0 Å². The third kappa shape index (κ3) is 3.01. The molecule has 0 saturated carbocycles. The summed E-state index contributed by atoms with van der Waals surface area (Å²) in [6, 6.07) is 6.52. The number of hydrogen-bond donors (Lipinski definition) is 0. The van der Waals surface area contributed by atoms with Crippen LogP contribution in [0.15, 0.2) is 36.9 Å². The van der Waals surface area contributed by atoms with E-state index in [2.05, 4.69) is 10.1 Å². The zero-order valence-corrected chi connectivity index (χ0v) is 11.9. The van der Waals surface area contributed by atoms with Crippen molar-refractivity contribution in [1.29, 1.82) is 0 Å². The molecule has 1 unspecified atom stereocenters. The van der Waals surface area contributed by atoms with Crippen molar-refractivity contribution in [3.8, 4) is 0 Å². The van der Waals surface area contributed by atoms with Crippen molar-refractivity contribution < 1.29 is 4.79 Å². The summed E-state index contributed by atoms with van der Waals surface area (Å²) in [7, 11) is 0. The topological polar surface area (TPSA) is 47.8 Å². The Labute approximate surface area is 117 Å². The Bertz CT molecular complexity index is 555. The van der Waals surface area contributed by atoms with Crippen molar-refractivity contribution in [3.05, 3.63) is 47.5 Å². The summed E-state index contributed by atoms with van der Waals surface area (Å²) in [6.45, 7) is 6.02. The van der Waals surface area contributed by atoms with Gasteiger partial charge in [0.05, 0.1) is 0 Å². The molecular formula is C14H16ClN3O. The van der Waals surface area contributed by atoms with Gasteiger partial charge in [-0.25, -0.2) is 9.67 Å². The number of ketones is 1. The largest absolute Gasteiger partial charge is 0.292 e. The van der Waals surface area contributed by atoms with Gasteiger partial charge in [-0.1, -0.05) is 32.4 Å². The van der Waals surface area contributed by atoms with Gasteiger partial charge in [-0.3, -0.25) is 4.79 Å². The maximum absolute atomic E-state index is 12.7. The molecule has 0 N–H and O–H groups in total. The predicted octanol–water partition coefficient (Wildman–Crippen LogP) is 3.40. The number of Topliss-reactive ketones (excluding diaryl/α,β-unsaturated/α-hetero) is 1. The molecule has 4 nitrogen and oxygen atoms in total. The number of hydrogen-bond acceptors (Lipinski definition) is 3. The quantitative estimate of drug-likeness (QED) is 0.808. The van der Waals surface area contributed by atoms with Crippen LogP contribution in [-0.4, -0.2) is 20.5 Å². The van der Waals surface area contributed by atoms with Crippen molar-refractivity contribution in [2.24, 2.45) is 5.41 Å². The SMILES string of the molecule is CC(C)(C)C(C(=O)c1ccc(Cl)cc1)n1cncn1. The zero-order chi connectivity index (χ0) is 14.0. The highest BCUT2D eigenvalue weighted by molar-refractivity contribution is 6.30. The van der Waals surface area contributed by atoms with E-state index in [0.29, 0.717) is 10.6 Å². The van der Waals surface area contributed by atoms with E-state index >= 15 is 0 Å². The summed E-state index contributed by atoms with van der Waals surface area (Å²) < 4.78 is 1.61. The van der Waals surface area contributed by atoms with Crippen LogP contribution in [0.3, 0.4) is 0 Å². The summed E-state index contributed by atoms with van der Waals surface area (Å²) in [6.07, 6.45) is 3.01. The molecule has 0 bridgehead atoms. The minimum atomic E-state index is -0.392. The van der Waals surface area contributed by atoms with Crippen molar-refractivity contribution >= 4 is 17.4 Å². The molecule has 0 aliphatic carbocycles. The van der Waals surface area contributed by atoms with Crippen LogP contribution in [0.4, 0.5) is 0 Å². The third-order valence-corrected chi connectivity index (χ3v) is 3.15. The Kier molecular flexibility index (Phi) is 3.71. The highest BCUT2D eigenvalue weighted by Gasteiger charge is 2.34. The van der Waals surface area contributed by atoms with E-state index in [0.717, 1.165) is 0 Å². The van der Waals surface area contributed by atoms with Gasteiger partial charge in [-0.2, -0.15) is 5.10 Å². The number of benzene rings is 1. The Hall–Kier alpha value is -1.68. The van der Waals surface area contributed by atoms with E-state index in [-0.39, 0.29) is 11.2 Å². The van der Waals surface area contributed by atoms with Gasteiger partial charge in [0.15, 0.2) is 5.78 Å². The molecule has 1 aromatic heterocycles. The highest BCUT2D eigenvalue weighted by Crippen LogP contribution is 2.32. The molecule has 0 aliphatic rings.